The molecule has 2 aromatic heterocycles. The van der Waals surface area contributed by atoms with E-state index in [0.717, 1.165) is 22.8 Å². The Kier molecular flexibility index (Phi) is 12.4. The van der Waals surface area contributed by atoms with E-state index < -0.39 is 0 Å². The molecule has 0 fully saturated rings. The average Bonchev–Trinajstić information content (AvgIpc) is 3.75. The third-order valence-electron chi connectivity index (χ3n) is 7.10. The molecule has 6 rings (SSSR count). The largest absolute Gasteiger partial charge is 0.493 e. The van der Waals surface area contributed by atoms with Crippen molar-refractivity contribution in [2.24, 2.45) is 0 Å². The first-order valence-corrected chi connectivity index (χ1v) is 16.1. The van der Waals surface area contributed by atoms with Crippen LogP contribution in [0.25, 0.3) is 0 Å². The number of aromatic amines is 2. The summed E-state index contributed by atoms with van der Waals surface area (Å²) in [5.41, 5.74) is 1.53. The fraction of sp³-hybridized carbons (Fsp3) is 0.200. The van der Waals surface area contributed by atoms with E-state index in [1.165, 1.54) is 12.1 Å². The Hall–Kier alpha value is -5.73. The molecular formula is C35H35Cl2FN8O5. The van der Waals surface area contributed by atoms with Gasteiger partial charge in [-0.25, -0.2) is 4.39 Å². The first-order valence-electron chi connectivity index (χ1n) is 15.4. The number of hydrogen-bond donors (Lipinski definition) is 4. The van der Waals surface area contributed by atoms with Crippen LogP contribution in [0.5, 0.6) is 40.2 Å². The lowest BCUT2D eigenvalue weighted by molar-refractivity contribution is 0.321. The topological polar surface area (TPSA) is 153 Å². The minimum absolute atomic E-state index is 0.315. The molecule has 0 aliphatic carbocycles. The molecule has 0 saturated carbocycles. The maximum absolute atomic E-state index is 13.0. The standard InChI is InChI=1S/C19H21ClN4O4.C16H14ClFN4O/c1-11-22-19(24-23-11)21-10-13-14(20)6-5-7-15(13)28-12-8-16(25-2)18(27-4)17(9-12)26-3;1-10-20-16(22-21-10)19-9-13-14(17)3-2-4-15(13)23-12-7-5-11(18)6-8-12/h5-9H,10H2,1-4H3,(H2,21,22,23,24);2-8H,9H2,1H3,(H2,19,20,21,22). The summed E-state index contributed by atoms with van der Waals surface area (Å²) in [7, 11) is 4.65. The number of benzene rings is 4. The molecule has 13 nitrogen and oxygen atoms in total. The van der Waals surface area contributed by atoms with Crippen LogP contribution in [0.1, 0.15) is 22.8 Å². The molecule has 0 radical (unpaired) electrons. The Bertz CT molecular complexity index is 2030. The number of rotatable bonds is 13. The van der Waals surface area contributed by atoms with Crippen molar-refractivity contribution in [2.75, 3.05) is 32.0 Å². The van der Waals surface area contributed by atoms with E-state index >= 15 is 0 Å². The van der Waals surface area contributed by atoms with Crippen molar-refractivity contribution in [1.82, 2.24) is 30.4 Å². The molecule has 0 aliphatic heterocycles. The van der Waals surface area contributed by atoms with Crippen LogP contribution in [-0.4, -0.2) is 51.7 Å². The van der Waals surface area contributed by atoms with E-state index in [1.807, 2.05) is 26.0 Å². The van der Waals surface area contributed by atoms with Gasteiger partial charge in [0.15, 0.2) is 11.5 Å². The molecule has 0 amide bonds. The molecule has 4 N–H and O–H groups in total. The van der Waals surface area contributed by atoms with Crippen molar-refractivity contribution in [2.45, 2.75) is 26.9 Å². The van der Waals surface area contributed by atoms with Crippen molar-refractivity contribution in [3.05, 3.63) is 111 Å². The highest BCUT2D eigenvalue weighted by Crippen LogP contribution is 2.43. The number of hydrogen-bond acceptors (Lipinski definition) is 11. The summed E-state index contributed by atoms with van der Waals surface area (Å²) >= 11 is 12.7. The Morgan fingerprint density at radius 1 is 0.627 bits per heavy atom. The number of aryl methyl sites for hydroxylation is 2. The van der Waals surface area contributed by atoms with Gasteiger partial charge in [-0.2, -0.15) is 9.97 Å². The summed E-state index contributed by atoms with van der Waals surface area (Å²) in [4.78, 5) is 8.40. The first kappa shape index (κ1) is 36.5. The maximum atomic E-state index is 13.0. The SMILES string of the molecule is COc1cc(Oc2cccc(Cl)c2CNc2n[nH]c(C)n2)cc(OC)c1OC.Cc1nc(NCc2c(Cl)cccc2Oc2ccc(F)cc2)n[nH]1. The molecule has 16 heteroatoms. The molecule has 0 atom stereocenters. The molecule has 4 aromatic carbocycles. The maximum Gasteiger partial charge on any atom is 0.242 e. The number of halogens is 3. The van der Waals surface area contributed by atoms with Crippen LogP contribution in [0.4, 0.5) is 16.3 Å². The molecule has 6 aromatic rings. The van der Waals surface area contributed by atoms with Gasteiger partial charge in [-0.15, -0.1) is 10.2 Å². The van der Waals surface area contributed by atoms with Crippen molar-refractivity contribution in [1.29, 1.82) is 0 Å². The van der Waals surface area contributed by atoms with Crippen LogP contribution < -0.4 is 34.3 Å². The highest BCUT2D eigenvalue weighted by atomic mass is 35.5. The van der Waals surface area contributed by atoms with Gasteiger partial charge < -0.3 is 34.3 Å². The lowest BCUT2D eigenvalue weighted by Gasteiger charge is -2.16. The number of nitrogens with one attached hydrogen (secondary N) is 4. The molecule has 51 heavy (non-hydrogen) atoms. The highest BCUT2D eigenvalue weighted by Gasteiger charge is 2.17. The lowest BCUT2D eigenvalue weighted by atomic mass is 10.2. The molecular weight excluding hydrogens is 702 g/mol. The number of methoxy groups -OCH3 is 3. The summed E-state index contributed by atoms with van der Waals surface area (Å²) < 4.78 is 40.9. The Labute approximate surface area is 303 Å². The summed E-state index contributed by atoms with van der Waals surface area (Å²) in [6, 6.07) is 20.1. The second-order valence-electron chi connectivity index (χ2n) is 10.6. The minimum Gasteiger partial charge on any atom is -0.493 e. The second-order valence-corrected chi connectivity index (χ2v) is 11.5. The first-order chi connectivity index (χ1) is 24.7. The predicted octanol–water partition coefficient (Wildman–Crippen LogP) is 8.51. The molecule has 0 spiro atoms. The highest BCUT2D eigenvalue weighted by molar-refractivity contribution is 6.31. The number of aromatic nitrogens is 6. The van der Waals surface area contributed by atoms with E-state index in [-0.39, 0.29) is 5.82 Å². The van der Waals surface area contributed by atoms with E-state index in [9.17, 15) is 4.39 Å². The zero-order valence-electron chi connectivity index (χ0n) is 28.3. The zero-order valence-corrected chi connectivity index (χ0v) is 29.8. The quantitative estimate of drug-likeness (QED) is 0.0902. The zero-order chi connectivity index (χ0) is 36.3. The summed E-state index contributed by atoms with van der Waals surface area (Å²) in [5.74, 6) is 5.79. The van der Waals surface area contributed by atoms with Crippen molar-refractivity contribution in [3.8, 4) is 40.2 Å². The van der Waals surface area contributed by atoms with Gasteiger partial charge in [0.05, 0.1) is 21.3 Å². The third kappa shape index (κ3) is 9.71. The number of anilines is 2. The van der Waals surface area contributed by atoms with Crippen LogP contribution in [0, 0.1) is 19.7 Å². The molecule has 0 bridgehead atoms. The lowest BCUT2D eigenvalue weighted by Crippen LogP contribution is -2.04. The fourth-order valence-corrected chi connectivity index (χ4v) is 5.13. The van der Waals surface area contributed by atoms with Crippen LogP contribution in [0.2, 0.25) is 10.0 Å². The van der Waals surface area contributed by atoms with Gasteiger partial charge >= 0.3 is 0 Å². The molecule has 2 heterocycles. The van der Waals surface area contributed by atoms with Gasteiger partial charge in [-0.1, -0.05) is 35.3 Å². The number of ether oxygens (including phenoxy) is 5. The third-order valence-corrected chi connectivity index (χ3v) is 7.81. The Balaban J connectivity index is 0.000000201. The number of H-pyrrole nitrogens is 2. The van der Waals surface area contributed by atoms with Crippen LogP contribution in [0.3, 0.4) is 0 Å². The fourth-order valence-electron chi connectivity index (χ4n) is 4.66. The minimum atomic E-state index is -0.315. The van der Waals surface area contributed by atoms with Gasteiger partial charge in [0.1, 0.15) is 40.5 Å². The molecule has 266 valence electrons. The Morgan fingerprint density at radius 3 is 1.51 bits per heavy atom. The summed E-state index contributed by atoms with van der Waals surface area (Å²) in [6.07, 6.45) is 0. The second kappa shape index (κ2) is 17.3. The van der Waals surface area contributed by atoms with Crippen molar-refractivity contribution >= 4 is 35.1 Å². The normalized spacial score (nSPS) is 10.5. The van der Waals surface area contributed by atoms with Gasteiger partial charge in [-0.05, 0) is 62.4 Å². The smallest absolute Gasteiger partial charge is 0.242 e. The van der Waals surface area contributed by atoms with Gasteiger partial charge in [0.2, 0.25) is 17.6 Å². The monoisotopic (exact) mass is 736 g/mol. The van der Waals surface area contributed by atoms with Gasteiger partial charge in [0.25, 0.3) is 0 Å². The average molecular weight is 738 g/mol. The van der Waals surface area contributed by atoms with E-state index in [1.54, 1.807) is 69.9 Å². The van der Waals surface area contributed by atoms with E-state index in [0.29, 0.717) is 75.3 Å². The van der Waals surface area contributed by atoms with Crippen LogP contribution in [0.15, 0.2) is 72.8 Å². The summed E-state index contributed by atoms with van der Waals surface area (Å²) in [6.45, 7) is 4.42. The van der Waals surface area contributed by atoms with Crippen LogP contribution >= 0.6 is 23.2 Å². The van der Waals surface area contributed by atoms with E-state index in [2.05, 4.69) is 41.0 Å². The van der Waals surface area contributed by atoms with E-state index in [4.69, 9.17) is 46.9 Å². The molecule has 0 saturated heterocycles. The number of nitrogens with zero attached hydrogens (tertiary/aromatic N) is 4. The predicted molar refractivity (Wildman–Crippen MR) is 192 cm³/mol. The molecule has 0 unspecified atom stereocenters. The van der Waals surface area contributed by atoms with Crippen molar-refractivity contribution in [3.63, 3.8) is 0 Å². The van der Waals surface area contributed by atoms with Crippen molar-refractivity contribution < 1.29 is 28.1 Å². The van der Waals surface area contributed by atoms with Gasteiger partial charge in [-0.3, -0.25) is 10.2 Å². The Morgan fingerprint density at radius 2 is 1.10 bits per heavy atom. The summed E-state index contributed by atoms with van der Waals surface area (Å²) in [5, 5.41) is 20.9. The molecule has 0 aliphatic rings. The van der Waals surface area contributed by atoms with Crippen LogP contribution in [-0.2, 0) is 13.1 Å². The van der Waals surface area contributed by atoms with Gasteiger partial charge in [0, 0.05) is 46.4 Å².